The predicted molar refractivity (Wildman–Crippen MR) is 182 cm³/mol. The summed E-state index contributed by atoms with van der Waals surface area (Å²) in [5, 5.41) is 12.9. The summed E-state index contributed by atoms with van der Waals surface area (Å²) in [5.74, 6) is -3.39. The summed E-state index contributed by atoms with van der Waals surface area (Å²) < 4.78 is 16.0. The number of esters is 1. The molecule has 1 aromatic rings. The lowest BCUT2D eigenvalue weighted by Crippen LogP contribution is -2.70. The summed E-state index contributed by atoms with van der Waals surface area (Å²) in [7, 11) is 0. The van der Waals surface area contributed by atoms with Gasteiger partial charge in [0.2, 0.25) is 0 Å². The van der Waals surface area contributed by atoms with Crippen molar-refractivity contribution in [1.82, 2.24) is 10.2 Å². The van der Waals surface area contributed by atoms with E-state index in [0.717, 1.165) is 24.8 Å². The Morgan fingerprint density at radius 2 is 1.65 bits per heavy atom. The molecule has 7 rings (SSSR count). The smallest absolute Gasteiger partial charge is 0.481 e. The van der Waals surface area contributed by atoms with Crippen LogP contribution in [-0.2, 0) is 30.5 Å². The summed E-state index contributed by atoms with van der Waals surface area (Å²) in [4.78, 5) is 81.7. The van der Waals surface area contributed by atoms with Crippen molar-refractivity contribution in [3.8, 4) is 0 Å². The van der Waals surface area contributed by atoms with Crippen LogP contribution in [0.1, 0.15) is 118 Å². The van der Waals surface area contributed by atoms with E-state index in [1.165, 1.54) is 11.8 Å². The highest BCUT2D eigenvalue weighted by Crippen LogP contribution is 2.75. The van der Waals surface area contributed by atoms with Crippen LogP contribution in [0.3, 0.4) is 0 Å². The second-order valence-corrected chi connectivity index (χ2v) is 18.3. The van der Waals surface area contributed by atoms with E-state index in [0.29, 0.717) is 38.5 Å². The normalized spacial score (nSPS) is 44.8. The van der Waals surface area contributed by atoms with Gasteiger partial charge in [-0.2, -0.15) is 0 Å². The van der Waals surface area contributed by atoms with E-state index in [4.69, 9.17) is 13.6 Å². The van der Waals surface area contributed by atoms with Crippen molar-refractivity contribution in [3.63, 3.8) is 0 Å². The number of amides is 3. The van der Waals surface area contributed by atoms with Gasteiger partial charge in [-0.3, -0.25) is 24.1 Å². The number of ketones is 1. The van der Waals surface area contributed by atoms with Crippen LogP contribution in [0.5, 0.6) is 0 Å². The monoisotopic (exact) mass is 708 g/mol. The first-order valence-electron chi connectivity index (χ1n) is 18.6. The van der Waals surface area contributed by atoms with Gasteiger partial charge in [0.25, 0.3) is 5.91 Å². The Morgan fingerprint density at radius 3 is 2.25 bits per heavy atom. The van der Waals surface area contributed by atoms with E-state index < -0.39 is 75.3 Å². The number of urea groups is 1. The fraction of sp³-hybridized carbons (Fsp3) is 0.744. The van der Waals surface area contributed by atoms with Crippen LogP contribution in [0.4, 0.5) is 4.79 Å². The van der Waals surface area contributed by atoms with E-state index >= 15 is 0 Å². The van der Waals surface area contributed by atoms with Gasteiger partial charge in [0, 0.05) is 5.92 Å². The molecule has 6 aliphatic rings. The van der Waals surface area contributed by atoms with Gasteiger partial charge in [-0.05, 0) is 125 Å². The number of carboxylic acids is 1. The molecule has 2 N–H and O–H groups in total. The van der Waals surface area contributed by atoms with Gasteiger partial charge < -0.3 is 24.0 Å². The average molecular weight is 709 g/mol. The van der Waals surface area contributed by atoms with Gasteiger partial charge in [0.1, 0.15) is 6.04 Å². The minimum absolute atomic E-state index is 0.0117. The highest BCUT2D eigenvalue weighted by molar-refractivity contribution is 6.05. The number of ether oxygens (including phenoxy) is 1. The van der Waals surface area contributed by atoms with Crippen LogP contribution >= 0.6 is 0 Å². The maximum absolute atomic E-state index is 14.9. The van der Waals surface area contributed by atoms with E-state index in [1.54, 1.807) is 13.8 Å². The SMILES string of the molecule is Cc1oc(=O)oc1COC(=O)[C@@]1(C)C2CC[C@]3(C)[C@H](C(=O)C=C4[C@@H]5C[C@@](C)(C(=O)O)CC[C@]5(C)CC[C@]43C)[C@@]2(C)CC[C@@H]1N1C(=O)N[C@H](C)C1=O. The zero-order chi connectivity index (χ0) is 37.3. The zero-order valence-corrected chi connectivity index (χ0v) is 31.1. The first-order valence-corrected chi connectivity index (χ1v) is 18.6. The van der Waals surface area contributed by atoms with Crippen LogP contribution < -0.4 is 11.1 Å². The summed E-state index contributed by atoms with van der Waals surface area (Å²) in [6.45, 7) is 15.3. The van der Waals surface area contributed by atoms with Crippen molar-refractivity contribution in [3.05, 3.63) is 33.8 Å². The van der Waals surface area contributed by atoms with Crippen molar-refractivity contribution in [1.29, 1.82) is 0 Å². The van der Waals surface area contributed by atoms with Crippen LogP contribution in [-0.4, -0.2) is 51.8 Å². The molecule has 0 aromatic carbocycles. The summed E-state index contributed by atoms with van der Waals surface area (Å²) in [6, 6.07) is -2.13. The number of nitrogens with one attached hydrogen (secondary N) is 1. The third-order valence-corrected chi connectivity index (χ3v) is 15.8. The minimum Gasteiger partial charge on any atom is -0.481 e. The number of fused-ring (bicyclic) bond motifs is 7. The molecule has 0 bridgehead atoms. The second-order valence-electron chi connectivity index (χ2n) is 18.3. The van der Waals surface area contributed by atoms with Gasteiger partial charge in [-0.25, -0.2) is 9.59 Å². The maximum atomic E-state index is 14.9. The molecule has 278 valence electrons. The number of carbonyl (C=O) groups is 5. The van der Waals surface area contributed by atoms with Crippen LogP contribution in [0.2, 0.25) is 0 Å². The molecule has 1 aromatic heterocycles. The van der Waals surface area contributed by atoms with Gasteiger partial charge in [0.05, 0.1) is 16.9 Å². The Kier molecular flexibility index (Phi) is 7.80. The largest absolute Gasteiger partial charge is 0.519 e. The van der Waals surface area contributed by atoms with E-state index in [2.05, 4.69) is 33.0 Å². The predicted octanol–water partition coefficient (Wildman–Crippen LogP) is 5.94. The fourth-order valence-electron chi connectivity index (χ4n) is 12.4. The van der Waals surface area contributed by atoms with Gasteiger partial charge in [0.15, 0.2) is 23.9 Å². The second kappa shape index (κ2) is 11.2. The first-order chi connectivity index (χ1) is 23.7. The fourth-order valence-corrected chi connectivity index (χ4v) is 12.4. The summed E-state index contributed by atoms with van der Waals surface area (Å²) in [5.41, 5.74) is -2.80. The molecule has 4 saturated carbocycles. The van der Waals surface area contributed by atoms with Crippen molar-refractivity contribution in [2.24, 2.45) is 50.2 Å². The van der Waals surface area contributed by atoms with Gasteiger partial charge in [-0.15, -0.1) is 0 Å². The Labute approximate surface area is 298 Å². The van der Waals surface area contributed by atoms with E-state index in [-0.39, 0.29) is 40.7 Å². The third-order valence-electron chi connectivity index (χ3n) is 15.8. The van der Waals surface area contributed by atoms with Gasteiger partial charge in [-0.1, -0.05) is 33.3 Å². The quantitative estimate of drug-likeness (QED) is 0.275. The molecule has 1 aliphatic heterocycles. The summed E-state index contributed by atoms with van der Waals surface area (Å²) in [6.07, 6.45) is 7.59. The molecule has 0 radical (unpaired) electrons. The minimum atomic E-state index is -1.40. The van der Waals surface area contributed by atoms with Crippen molar-refractivity contribution >= 4 is 29.7 Å². The topological polar surface area (TPSA) is 173 Å². The number of hydrogen-bond donors (Lipinski definition) is 2. The number of hydrogen-bond acceptors (Lipinski definition) is 9. The summed E-state index contributed by atoms with van der Waals surface area (Å²) >= 11 is 0. The molecule has 11 atom stereocenters. The molecule has 1 unspecified atom stereocenters. The number of imide groups is 1. The molecule has 3 amide bonds. The molecule has 5 fully saturated rings. The lowest BCUT2D eigenvalue weighted by atomic mass is 9.33. The standard InChI is InChI=1S/C39H52N2O10/c1-20-29(43)41(32(47)40-20)27-10-11-36(5)26(39(27,8)31(46)49-19-25-21(2)50-33(48)51-25)9-12-38(7)28(36)24(42)17-22-23-18-35(4,30(44)45)14-13-34(23,3)15-16-37(22,38)6/h17,20,23,26-28H,9-16,18-19H2,1-8H3,(H,40,47)(H,44,45)/t20-,23+,26?,27+,28-,34-,35+,36+,37-,38-,39+/m1/s1. The Balaban J connectivity index is 1.30. The molecule has 12 heteroatoms. The third kappa shape index (κ3) is 4.68. The highest BCUT2D eigenvalue weighted by atomic mass is 16.6. The van der Waals surface area contributed by atoms with E-state index in [9.17, 15) is 33.9 Å². The molecular formula is C39H52N2O10. The van der Waals surface area contributed by atoms with E-state index in [1.807, 2.05) is 13.0 Å². The Bertz CT molecular complexity index is 1830. The molecule has 12 nitrogen and oxygen atoms in total. The molecule has 5 aliphatic carbocycles. The molecule has 51 heavy (non-hydrogen) atoms. The molecule has 1 saturated heterocycles. The maximum Gasteiger partial charge on any atom is 0.519 e. The van der Waals surface area contributed by atoms with Crippen LogP contribution in [0, 0.1) is 57.2 Å². The zero-order valence-electron chi connectivity index (χ0n) is 31.1. The van der Waals surface area contributed by atoms with Crippen molar-refractivity contribution < 1.29 is 42.7 Å². The highest BCUT2D eigenvalue weighted by Gasteiger charge is 2.73. The lowest BCUT2D eigenvalue weighted by molar-refractivity contribution is -0.210. The number of carboxylic acid groups (broad SMARTS) is 1. The van der Waals surface area contributed by atoms with Crippen LogP contribution in [0.15, 0.2) is 25.3 Å². The number of aryl methyl sites for hydroxylation is 1. The molecular weight excluding hydrogens is 656 g/mol. The van der Waals surface area contributed by atoms with Gasteiger partial charge >= 0.3 is 23.8 Å². The van der Waals surface area contributed by atoms with Crippen LogP contribution in [0.25, 0.3) is 0 Å². The first kappa shape index (κ1) is 35.7. The number of aliphatic carboxylic acids is 1. The number of nitrogens with zero attached hydrogens (tertiary/aromatic N) is 1. The number of carbonyl (C=O) groups excluding carboxylic acids is 4. The molecule has 2 heterocycles. The number of rotatable bonds is 5. The lowest BCUT2D eigenvalue weighted by Gasteiger charge is -2.70. The number of allylic oxidation sites excluding steroid dienone is 2. The molecule has 0 spiro atoms. The Morgan fingerprint density at radius 1 is 0.961 bits per heavy atom. The van der Waals surface area contributed by atoms with Crippen molar-refractivity contribution in [2.75, 3.05) is 0 Å². The average Bonchev–Trinajstić information content (AvgIpc) is 3.51. The Hall–Kier alpha value is -3.70. The van der Waals surface area contributed by atoms with Crippen molar-refractivity contribution in [2.45, 2.75) is 132 Å².